The molecule has 12 heavy (non-hydrogen) atoms. The van der Waals surface area contributed by atoms with Crippen LogP contribution in [0.2, 0.25) is 0 Å². The first-order valence-electron chi connectivity index (χ1n) is 4.26. The average molecular weight is 172 g/mol. The number of nitrogens with one attached hydrogen (secondary N) is 1. The van der Waals surface area contributed by atoms with Crippen LogP contribution in [0.1, 0.15) is 13.3 Å². The van der Waals surface area contributed by atoms with Gasteiger partial charge in [-0.2, -0.15) is 0 Å². The van der Waals surface area contributed by atoms with Crippen molar-refractivity contribution in [3.8, 4) is 0 Å². The first-order chi connectivity index (χ1) is 5.61. The number of nitrogens with zero attached hydrogens (tertiary/aromatic N) is 1. The smallest absolute Gasteiger partial charge is 0.304 e. The molecule has 0 radical (unpaired) electrons. The van der Waals surface area contributed by atoms with Gasteiger partial charge in [0.2, 0.25) is 0 Å². The largest absolute Gasteiger partial charge is 0.481 e. The van der Waals surface area contributed by atoms with Crippen LogP contribution in [0.3, 0.4) is 0 Å². The Morgan fingerprint density at radius 2 is 2.42 bits per heavy atom. The van der Waals surface area contributed by atoms with E-state index in [0.29, 0.717) is 6.04 Å². The molecule has 0 bridgehead atoms. The second kappa shape index (κ2) is 3.87. The average Bonchev–Trinajstić information content (AvgIpc) is 1.98. The Balaban J connectivity index is 2.46. The van der Waals surface area contributed by atoms with E-state index in [4.69, 9.17) is 5.11 Å². The van der Waals surface area contributed by atoms with Gasteiger partial charge in [-0.1, -0.05) is 0 Å². The van der Waals surface area contributed by atoms with Crippen molar-refractivity contribution in [2.75, 3.05) is 20.1 Å². The molecule has 0 aromatic carbocycles. The Bertz CT molecular complexity index is 172. The van der Waals surface area contributed by atoms with Crippen LogP contribution in [0.25, 0.3) is 0 Å². The minimum atomic E-state index is -0.727. The number of carboxylic acids is 1. The Kier molecular flexibility index (Phi) is 3.05. The molecule has 1 heterocycles. The summed E-state index contributed by atoms with van der Waals surface area (Å²) >= 11 is 0. The highest BCUT2D eigenvalue weighted by Crippen LogP contribution is 2.09. The summed E-state index contributed by atoms with van der Waals surface area (Å²) in [5, 5.41) is 11.8. The van der Waals surface area contributed by atoms with Crippen LogP contribution < -0.4 is 5.32 Å². The van der Waals surface area contributed by atoms with Gasteiger partial charge in [0.1, 0.15) is 0 Å². The molecule has 1 saturated heterocycles. The van der Waals surface area contributed by atoms with Crippen molar-refractivity contribution in [1.29, 1.82) is 0 Å². The third kappa shape index (κ3) is 2.19. The van der Waals surface area contributed by atoms with Crippen molar-refractivity contribution in [1.82, 2.24) is 10.2 Å². The number of likely N-dealkylation sites (N-methyl/N-ethyl adjacent to an activating group) is 1. The maximum absolute atomic E-state index is 10.5. The van der Waals surface area contributed by atoms with Crippen molar-refractivity contribution in [3.63, 3.8) is 0 Å². The minimum absolute atomic E-state index is 0.0984. The zero-order valence-corrected chi connectivity index (χ0v) is 7.58. The molecular formula is C8H16N2O2. The Labute approximate surface area is 72.6 Å². The van der Waals surface area contributed by atoms with E-state index >= 15 is 0 Å². The number of hydrogen-bond donors (Lipinski definition) is 2. The molecule has 1 aliphatic rings. The van der Waals surface area contributed by atoms with Crippen LogP contribution in [0.5, 0.6) is 0 Å². The van der Waals surface area contributed by atoms with Gasteiger partial charge in [0.25, 0.3) is 0 Å². The molecule has 2 atom stereocenters. The standard InChI is InChI=1S/C8H16N2O2/c1-6-7(5-8(11)12)9-3-4-10(6)2/h6-7,9H,3-5H2,1-2H3,(H,11,12)/t6-,7+/m1/s1. The van der Waals surface area contributed by atoms with Crippen LogP contribution in [0.15, 0.2) is 0 Å². The van der Waals surface area contributed by atoms with E-state index in [0.717, 1.165) is 13.1 Å². The van der Waals surface area contributed by atoms with E-state index in [2.05, 4.69) is 17.1 Å². The zero-order chi connectivity index (χ0) is 9.14. The lowest BCUT2D eigenvalue weighted by Crippen LogP contribution is -2.55. The second-order valence-corrected chi connectivity index (χ2v) is 3.38. The first-order valence-corrected chi connectivity index (χ1v) is 4.26. The highest BCUT2D eigenvalue weighted by molar-refractivity contribution is 5.67. The van der Waals surface area contributed by atoms with Crippen LogP contribution in [-0.2, 0) is 4.79 Å². The van der Waals surface area contributed by atoms with Crippen molar-refractivity contribution in [2.45, 2.75) is 25.4 Å². The number of aliphatic carboxylic acids is 1. The lowest BCUT2D eigenvalue weighted by Gasteiger charge is -2.37. The van der Waals surface area contributed by atoms with E-state index in [1.54, 1.807) is 0 Å². The third-order valence-corrected chi connectivity index (χ3v) is 2.54. The fraction of sp³-hybridized carbons (Fsp3) is 0.875. The number of rotatable bonds is 2. The third-order valence-electron chi connectivity index (χ3n) is 2.54. The molecule has 4 nitrogen and oxygen atoms in total. The van der Waals surface area contributed by atoms with E-state index in [-0.39, 0.29) is 12.5 Å². The maximum Gasteiger partial charge on any atom is 0.304 e. The highest BCUT2D eigenvalue weighted by Gasteiger charge is 2.26. The van der Waals surface area contributed by atoms with Gasteiger partial charge in [0.05, 0.1) is 6.42 Å². The van der Waals surface area contributed by atoms with Crippen molar-refractivity contribution in [2.24, 2.45) is 0 Å². The number of hydrogen-bond acceptors (Lipinski definition) is 3. The molecule has 0 amide bonds. The normalized spacial score (nSPS) is 31.8. The quantitative estimate of drug-likeness (QED) is 0.603. The summed E-state index contributed by atoms with van der Waals surface area (Å²) in [6, 6.07) is 0.413. The lowest BCUT2D eigenvalue weighted by molar-refractivity contribution is -0.138. The molecule has 0 saturated carbocycles. The number of piperazine rings is 1. The second-order valence-electron chi connectivity index (χ2n) is 3.38. The predicted octanol–water partition coefficient (Wildman–Crippen LogP) is -0.247. The van der Waals surface area contributed by atoms with Gasteiger partial charge < -0.3 is 15.3 Å². The zero-order valence-electron chi connectivity index (χ0n) is 7.58. The van der Waals surface area contributed by atoms with Crippen molar-refractivity contribution >= 4 is 5.97 Å². The predicted molar refractivity (Wildman–Crippen MR) is 46.1 cm³/mol. The Morgan fingerprint density at radius 1 is 1.75 bits per heavy atom. The number of carboxylic acid groups (broad SMARTS) is 1. The summed E-state index contributed by atoms with van der Waals surface area (Å²) in [6.45, 7) is 3.94. The van der Waals surface area contributed by atoms with E-state index < -0.39 is 5.97 Å². The molecule has 0 spiro atoms. The molecule has 0 aromatic rings. The highest BCUT2D eigenvalue weighted by atomic mass is 16.4. The fourth-order valence-corrected chi connectivity index (χ4v) is 1.54. The summed E-state index contributed by atoms with van der Waals surface area (Å²) in [4.78, 5) is 12.6. The van der Waals surface area contributed by atoms with E-state index in [9.17, 15) is 4.79 Å². The summed E-state index contributed by atoms with van der Waals surface area (Å²) in [5.74, 6) is -0.727. The molecule has 4 heteroatoms. The van der Waals surface area contributed by atoms with E-state index in [1.807, 2.05) is 7.05 Å². The monoisotopic (exact) mass is 172 g/mol. The molecule has 1 rings (SSSR count). The summed E-state index contributed by atoms with van der Waals surface area (Å²) in [5.41, 5.74) is 0. The molecule has 1 fully saturated rings. The van der Waals surface area contributed by atoms with Crippen molar-refractivity contribution in [3.05, 3.63) is 0 Å². The van der Waals surface area contributed by atoms with Gasteiger partial charge >= 0.3 is 5.97 Å². The van der Waals surface area contributed by atoms with Crippen molar-refractivity contribution < 1.29 is 9.90 Å². The van der Waals surface area contributed by atoms with Crippen LogP contribution >= 0.6 is 0 Å². The lowest BCUT2D eigenvalue weighted by atomic mass is 10.0. The van der Waals surface area contributed by atoms with Crippen LogP contribution in [0.4, 0.5) is 0 Å². The van der Waals surface area contributed by atoms with Crippen LogP contribution in [0, 0.1) is 0 Å². The molecule has 70 valence electrons. The van der Waals surface area contributed by atoms with Gasteiger partial charge in [-0.05, 0) is 14.0 Å². The molecular weight excluding hydrogens is 156 g/mol. The first kappa shape index (κ1) is 9.48. The topological polar surface area (TPSA) is 52.6 Å². The van der Waals surface area contributed by atoms with Gasteiger partial charge in [-0.3, -0.25) is 4.79 Å². The molecule has 0 aromatic heterocycles. The number of carbonyl (C=O) groups is 1. The van der Waals surface area contributed by atoms with Crippen LogP contribution in [-0.4, -0.2) is 48.2 Å². The molecule has 0 aliphatic carbocycles. The fourth-order valence-electron chi connectivity index (χ4n) is 1.54. The Morgan fingerprint density at radius 3 is 3.00 bits per heavy atom. The molecule has 0 unspecified atom stereocenters. The summed E-state index contributed by atoms with van der Waals surface area (Å²) < 4.78 is 0. The Hall–Kier alpha value is -0.610. The van der Waals surface area contributed by atoms with Gasteiger partial charge in [0.15, 0.2) is 0 Å². The molecule has 2 N–H and O–H groups in total. The van der Waals surface area contributed by atoms with Gasteiger partial charge in [-0.25, -0.2) is 0 Å². The molecule has 1 aliphatic heterocycles. The summed E-state index contributed by atoms with van der Waals surface area (Å²) in [7, 11) is 2.03. The minimum Gasteiger partial charge on any atom is -0.481 e. The van der Waals surface area contributed by atoms with Gasteiger partial charge in [-0.15, -0.1) is 0 Å². The SMILES string of the molecule is C[C@@H]1[C@H](CC(=O)O)NCCN1C. The van der Waals surface area contributed by atoms with E-state index in [1.165, 1.54) is 0 Å². The maximum atomic E-state index is 10.5. The summed E-state index contributed by atoms with van der Waals surface area (Å²) in [6.07, 6.45) is 0.214. The van der Waals surface area contributed by atoms with Gasteiger partial charge in [0, 0.05) is 25.2 Å².